The first-order chi connectivity index (χ1) is 13.0. The molecule has 1 unspecified atom stereocenters. The van der Waals surface area contributed by atoms with Gasteiger partial charge in [-0.05, 0) is 32.4 Å². The predicted octanol–water partition coefficient (Wildman–Crippen LogP) is 2.89. The van der Waals surface area contributed by atoms with Crippen LogP contribution in [0.15, 0.2) is 23.2 Å². The maximum Gasteiger partial charge on any atom is 0.310 e. The quantitative estimate of drug-likeness (QED) is 0.158. The van der Waals surface area contributed by atoms with Crippen molar-refractivity contribution in [2.45, 2.75) is 34.2 Å². The molecule has 0 aliphatic carbocycles. The molecule has 1 rings (SSSR count). The van der Waals surface area contributed by atoms with E-state index in [-0.39, 0.29) is 35.9 Å². The van der Waals surface area contributed by atoms with Gasteiger partial charge < -0.3 is 24.8 Å². The van der Waals surface area contributed by atoms with Crippen molar-refractivity contribution in [3.8, 4) is 5.75 Å². The Morgan fingerprint density at radius 3 is 2.61 bits per heavy atom. The van der Waals surface area contributed by atoms with Crippen LogP contribution in [0.1, 0.15) is 31.9 Å². The van der Waals surface area contributed by atoms with Crippen LogP contribution in [0.25, 0.3) is 0 Å². The number of hydrogen-bond acceptors (Lipinski definition) is 5. The monoisotopic (exact) mass is 507 g/mol. The second kappa shape index (κ2) is 15.4. The molecule has 0 aliphatic heterocycles. The average molecular weight is 507 g/mol. The predicted molar refractivity (Wildman–Crippen MR) is 123 cm³/mol. The standard InChI is InChI=1S/C20H33N3O4.HI/c1-6-21-20(22-13-16(4)19(24)25-5)23-14-17-9-8-15(3)12-18(17)27-11-10-26-7-2;/h8-9,12,16H,6-7,10-11,13-14H2,1-5H3,(H2,21,22,23);1H. The van der Waals surface area contributed by atoms with E-state index in [4.69, 9.17) is 14.2 Å². The highest BCUT2D eigenvalue weighted by atomic mass is 127. The Bertz CT molecular complexity index is 611. The molecule has 8 heteroatoms. The van der Waals surface area contributed by atoms with E-state index in [9.17, 15) is 4.79 Å². The molecule has 28 heavy (non-hydrogen) atoms. The molecule has 1 aromatic rings. The molecule has 0 saturated heterocycles. The highest BCUT2D eigenvalue weighted by Crippen LogP contribution is 2.21. The normalized spacial score (nSPS) is 12.0. The minimum Gasteiger partial charge on any atom is -0.491 e. The number of carbonyl (C=O) groups excluding carboxylic acids is 1. The van der Waals surface area contributed by atoms with Crippen LogP contribution < -0.4 is 15.4 Å². The summed E-state index contributed by atoms with van der Waals surface area (Å²) in [5.74, 6) is 0.962. The second-order valence-corrected chi connectivity index (χ2v) is 6.16. The number of rotatable bonds is 11. The van der Waals surface area contributed by atoms with Crippen LogP contribution in [-0.2, 0) is 20.8 Å². The number of esters is 1. The molecule has 160 valence electrons. The molecule has 0 heterocycles. The highest BCUT2D eigenvalue weighted by Gasteiger charge is 2.13. The number of nitrogens with zero attached hydrogens (tertiary/aromatic N) is 1. The Morgan fingerprint density at radius 2 is 1.96 bits per heavy atom. The lowest BCUT2D eigenvalue weighted by Crippen LogP contribution is -2.40. The third-order valence-electron chi connectivity index (χ3n) is 3.84. The second-order valence-electron chi connectivity index (χ2n) is 6.16. The maximum atomic E-state index is 11.5. The maximum absolute atomic E-state index is 11.5. The minimum absolute atomic E-state index is 0. The molecule has 0 saturated carbocycles. The number of aryl methyl sites for hydroxylation is 1. The topological polar surface area (TPSA) is 81.2 Å². The summed E-state index contributed by atoms with van der Waals surface area (Å²) in [6.45, 7) is 11.2. The summed E-state index contributed by atoms with van der Waals surface area (Å²) in [4.78, 5) is 16.1. The molecular formula is C20H34IN3O4. The average Bonchev–Trinajstić information content (AvgIpc) is 2.67. The van der Waals surface area contributed by atoms with E-state index in [1.165, 1.54) is 7.11 Å². The zero-order chi connectivity index (χ0) is 20.1. The Labute approximate surface area is 185 Å². The Morgan fingerprint density at radius 1 is 1.21 bits per heavy atom. The molecule has 0 radical (unpaired) electrons. The number of halogens is 1. The smallest absolute Gasteiger partial charge is 0.310 e. The van der Waals surface area contributed by atoms with Gasteiger partial charge in [0, 0.05) is 25.3 Å². The van der Waals surface area contributed by atoms with Crippen molar-refractivity contribution in [3.63, 3.8) is 0 Å². The SMILES string of the molecule is CCNC(=NCc1ccc(C)cc1OCCOCC)NCC(C)C(=O)OC.I. The van der Waals surface area contributed by atoms with Crippen molar-refractivity contribution in [1.29, 1.82) is 0 Å². The Hall–Kier alpha value is -1.55. The van der Waals surface area contributed by atoms with Gasteiger partial charge >= 0.3 is 5.97 Å². The Kier molecular flexibility index (Phi) is 14.5. The van der Waals surface area contributed by atoms with Gasteiger partial charge in [0.15, 0.2) is 5.96 Å². The van der Waals surface area contributed by atoms with Crippen LogP contribution in [0, 0.1) is 12.8 Å². The van der Waals surface area contributed by atoms with Gasteiger partial charge in [-0.25, -0.2) is 4.99 Å². The first kappa shape index (κ1) is 26.4. The first-order valence-electron chi connectivity index (χ1n) is 9.41. The van der Waals surface area contributed by atoms with Crippen molar-refractivity contribution < 1.29 is 19.0 Å². The number of carbonyl (C=O) groups is 1. The number of benzene rings is 1. The zero-order valence-electron chi connectivity index (χ0n) is 17.5. The van der Waals surface area contributed by atoms with E-state index >= 15 is 0 Å². The first-order valence-corrected chi connectivity index (χ1v) is 9.41. The van der Waals surface area contributed by atoms with Gasteiger partial charge in [0.1, 0.15) is 12.4 Å². The number of ether oxygens (including phenoxy) is 3. The molecule has 1 aromatic carbocycles. The van der Waals surface area contributed by atoms with Crippen LogP contribution in [0.2, 0.25) is 0 Å². The molecular weight excluding hydrogens is 473 g/mol. The van der Waals surface area contributed by atoms with Crippen molar-refractivity contribution in [2.75, 3.05) is 40.0 Å². The van der Waals surface area contributed by atoms with Gasteiger partial charge in [0.05, 0.1) is 26.2 Å². The minimum atomic E-state index is -0.254. The summed E-state index contributed by atoms with van der Waals surface area (Å²) in [6.07, 6.45) is 0. The van der Waals surface area contributed by atoms with Crippen molar-refractivity contribution in [3.05, 3.63) is 29.3 Å². The lowest BCUT2D eigenvalue weighted by atomic mass is 10.1. The van der Waals surface area contributed by atoms with E-state index in [1.54, 1.807) is 0 Å². The zero-order valence-corrected chi connectivity index (χ0v) is 19.9. The van der Waals surface area contributed by atoms with E-state index in [2.05, 4.69) is 15.6 Å². The lowest BCUT2D eigenvalue weighted by molar-refractivity contribution is -0.144. The van der Waals surface area contributed by atoms with E-state index in [0.29, 0.717) is 38.9 Å². The van der Waals surface area contributed by atoms with Crippen LogP contribution in [-0.4, -0.2) is 51.9 Å². The van der Waals surface area contributed by atoms with Crippen molar-refractivity contribution >= 4 is 35.9 Å². The van der Waals surface area contributed by atoms with Gasteiger partial charge in [0.25, 0.3) is 0 Å². The number of hydrogen-bond donors (Lipinski definition) is 2. The van der Waals surface area contributed by atoms with Gasteiger partial charge in [-0.15, -0.1) is 24.0 Å². The molecule has 0 aromatic heterocycles. The van der Waals surface area contributed by atoms with E-state index in [1.807, 2.05) is 45.9 Å². The van der Waals surface area contributed by atoms with Crippen molar-refractivity contribution in [2.24, 2.45) is 10.9 Å². The fraction of sp³-hybridized carbons (Fsp3) is 0.600. The molecule has 0 amide bonds. The van der Waals surface area contributed by atoms with Crippen LogP contribution in [0.5, 0.6) is 5.75 Å². The third kappa shape index (κ3) is 10.1. The number of aliphatic imine (C=N–C) groups is 1. The number of guanidine groups is 1. The summed E-state index contributed by atoms with van der Waals surface area (Å²) in [7, 11) is 1.39. The summed E-state index contributed by atoms with van der Waals surface area (Å²) in [5, 5.41) is 6.36. The molecule has 1 atom stereocenters. The lowest BCUT2D eigenvalue weighted by Gasteiger charge is -2.15. The van der Waals surface area contributed by atoms with Gasteiger partial charge in [-0.1, -0.05) is 19.1 Å². The van der Waals surface area contributed by atoms with E-state index in [0.717, 1.165) is 23.4 Å². The van der Waals surface area contributed by atoms with Gasteiger partial charge in [-0.2, -0.15) is 0 Å². The molecule has 0 aliphatic rings. The molecule has 7 nitrogen and oxygen atoms in total. The summed E-state index contributed by atoms with van der Waals surface area (Å²) in [6, 6.07) is 6.08. The summed E-state index contributed by atoms with van der Waals surface area (Å²) < 4.78 is 15.9. The largest absolute Gasteiger partial charge is 0.491 e. The summed E-state index contributed by atoms with van der Waals surface area (Å²) >= 11 is 0. The van der Waals surface area contributed by atoms with Gasteiger partial charge in [0.2, 0.25) is 0 Å². The molecule has 0 fully saturated rings. The third-order valence-corrected chi connectivity index (χ3v) is 3.84. The van der Waals surface area contributed by atoms with E-state index < -0.39 is 0 Å². The molecule has 0 bridgehead atoms. The van der Waals surface area contributed by atoms with Crippen LogP contribution in [0.4, 0.5) is 0 Å². The number of nitrogens with one attached hydrogen (secondary N) is 2. The molecule has 0 spiro atoms. The van der Waals surface area contributed by atoms with Crippen LogP contribution >= 0.6 is 24.0 Å². The van der Waals surface area contributed by atoms with Gasteiger partial charge in [-0.3, -0.25) is 4.79 Å². The van der Waals surface area contributed by atoms with Crippen LogP contribution in [0.3, 0.4) is 0 Å². The summed E-state index contributed by atoms with van der Waals surface area (Å²) in [5.41, 5.74) is 2.13. The molecule has 2 N–H and O–H groups in total. The van der Waals surface area contributed by atoms with Crippen molar-refractivity contribution in [1.82, 2.24) is 10.6 Å². The fourth-order valence-electron chi connectivity index (χ4n) is 2.32. The Balaban J connectivity index is 0.00000729. The number of methoxy groups -OCH3 is 1. The highest BCUT2D eigenvalue weighted by molar-refractivity contribution is 14.0. The fourth-order valence-corrected chi connectivity index (χ4v) is 2.32.